The molecule has 0 saturated carbocycles. The summed E-state index contributed by atoms with van der Waals surface area (Å²) < 4.78 is 11.5. The van der Waals surface area contributed by atoms with Crippen molar-refractivity contribution in [3.8, 4) is 5.75 Å². The van der Waals surface area contributed by atoms with Gasteiger partial charge in [0.1, 0.15) is 6.10 Å². The molecular formula is C15H15NO2. The summed E-state index contributed by atoms with van der Waals surface area (Å²) >= 11 is 0. The SMILES string of the molecule is CCC1OC1N1COc2c1ccc1ccccc21. The van der Waals surface area contributed by atoms with Gasteiger partial charge in [0, 0.05) is 5.39 Å². The van der Waals surface area contributed by atoms with Crippen LogP contribution in [0.2, 0.25) is 0 Å². The molecule has 3 heteroatoms. The van der Waals surface area contributed by atoms with Crippen molar-refractivity contribution in [3.05, 3.63) is 36.4 Å². The molecule has 0 bridgehead atoms. The molecule has 2 aromatic rings. The van der Waals surface area contributed by atoms with E-state index in [1.165, 1.54) is 10.8 Å². The summed E-state index contributed by atoms with van der Waals surface area (Å²) in [5, 5.41) is 2.41. The predicted octanol–water partition coefficient (Wildman–Crippen LogP) is 3.13. The van der Waals surface area contributed by atoms with Crippen LogP contribution >= 0.6 is 0 Å². The van der Waals surface area contributed by atoms with E-state index in [1.807, 2.05) is 0 Å². The number of epoxide rings is 1. The first-order valence-corrected chi connectivity index (χ1v) is 6.45. The Morgan fingerprint density at radius 2 is 2.11 bits per heavy atom. The van der Waals surface area contributed by atoms with Gasteiger partial charge in [0.2, 0.25) is 0 Å². The summed E-state index contributed by atoms with van der Waals surface area (Å²) in [5.41, 5.74) is 1.16. The summed E-state index contributed by atoms with van der Waals surface area (Å²) in [6.45, 7) is 2.76. The maximum atomic E-state index is 5.86. The molecule has 18 heavy (non-hydrogen) atoms. The van der Waals surface area contributed by atoms with E-state index in [0.29, 0.717) is 12.8 Å². The van der Waals surface area contributed by atoms with Crippen LogP contribution in [0.3, 0.4) is 0 Å². The number of ether oxygens (including phenoxy) is 2. The zero-order chi connectivity index (χ0) is 12.1. The molecule has 2 atom stereocenters. The molecule has 3 nitrogen and oxygen atoms in total. The lowest BCUT2D eigenvalue weighted by Gasteiger charge is -2.13. The molecular weight excluding hydrogens is 226 g/mol. The zero-order valence-corrected chi connectivity index (χ0v) is 10.3. The maximum absolute atomic E-state index is 5.86. The number of benzene rings is 2. The van der Waals surface area contributed by atoms with E-state index in [9.17, 15) is 0 Å². The molecule has 2 unspecified atom stereocenters. The number of fused-ring (bicyclic) bond motifs is 3. The van der Waals surface area contributed by atoms with E-state index in [0.717, 1.165) is 17.9 Å². The monoisotopic (exact) mass is 241 g/mol. The zero-order valence-electron chi connectivity index (χ0n) is 10.3. The third-order valence-corrected chi connectivity index (χ3v) is 3.78. The van der Waals surface area contributed by atoms with Crippen LogP contribution in [0, 0.1) is 0 Å². The molecule has 1 fully saturated rings. The Hall–Kier alpha value is -1.74. The van der Waals surface area contributed by atoms with Crippen LogP contribution < -0.4 is 9.64 Å². The predicted molar refractivity (Wildman–Crippen MR) is 70.9 cm³/mol. The van der Waals surface area contributed by atoms with Crippen LogP contribution in [0.15, 0.2) is 36.4 Å². The van der Waals surface area contributed by atoms with Gasteiger partial charge >= 0.3 is 0 Å². The Morgan fingerprint density at radius 3 is 2.94 bits per heavy atom. The lowest BCUT2D eigenvalue weighted by atomic mass is 10.1. The first-order chi connectivity index (χ1) is 8.88. The largest absolute Gasteiger partial charge is 0.470 e. The fourth-order valence-corrected chi connectivity index (χ4v) is 2.73. The Morgan fingerprint density at radius 1 is 1.22 bits per heavy atom. The maximum Gasteiger partial charge on any atom is 0.163 e. The lowest BCUT2D eigenvalue weighted by molar-refractivity contribution is 0.311. The van der Waals surface area contributed by atoms with Crippen molar-refractivity contribution in [1.82, 2.24) is 0 Å². The van der Waals surface area contributed by atoms with E-state index < -0.39 is 0 Å². The van der Waals surface area contributed by atoms with Crippen molar-refractivity contribution in [2.45, 2.75) is 25.7 Å². The van der Waals surface area contributed by atoms with Gasteiger partial charge in [0.15, 0.2) is 18.7 Å². The summed E-state index contributed by atoms with van der Waals surface area (Å²) in [7, 11) is 0. The van der Waals surface area contributed by atoms with Crippen molar-refractivity contribution in [2.75, 3.05) is 11.6 Å². The standard InChI is InChI=1S/C15H15NO2/c1-2-13-15(18-13)16-9-17-14-11-6-4-3-5-10(11)7-8-12(14)16/h3-8,13,15H,2,9H2,1H3. The lowest BCUT2D eigenvalue weighted by Crippen LogP contribution is -2.26. The number of hydrogen-bond donors (Lipinski definition) is 0. The minimum atomic E-state index is 0.206. The second-order valence-corrected chi connectivity index (χ2v) is 4.85. The second-order valence-electron chi connectivity index (χ2n) is 4.85. The summed E-state index contributed by atoms with van der Waals surface area (Å²) in [5.74, 6) is 0.999. The highest BCUT2D eigenvalue weighted by Crippen LogP contribution is 2.44. The third-order valence-electron chi connectivity index (χ3n) is 3.78. The molecule has 0 aromatic heterocycles. The number of nitrogens with zero attached hydrogens (tertiary/aromatic N) is 1. The van der Waals surface area contributed by atoms with Crippen molar-refractivity contribution in [2.24, 2.45) is 0 Å². The van der Waals surface area contributed by atoms with E-state index in [-0.39, 0.29) is 6.23 Å². The van der Waals surface area contributed by atoms with Crippen molar-refractivity contribution >= 4 is 16.5 Å². The molecule has 92 valence electrons. The Labute approximate surface area is 106 Å². The average molecular weight is 241 g/mol. The first-order valence-electron chi connectivity index (χ1n) is 6.45. The fraction of sp³-hybridized carbons (Fsp3) is 0.333. The van der Waals surface area contributed by atoms with Gasteiger partial charge in [0.05, 0.1) is 5.69 Å². The molecule has 0 N–H and O–H groups in total. The van der Waals surface area contributed by atoms with E-state index in [2.05, 4.69) is 48.2 Å². The topological polar surface area (TPSA) is 25.0 Å². The molecule has 2 aromatic carbocycles. The quantitative estimate of drug-likeness (QED) is 0.755. The highest BCUT2D eigenvalue weighted by atomic mass is 16.6. The molecule has 1 saturated heterocycles. The molecule has 2 aliphatic heterocycles. The van der Waals surface area contributed by atoms with Gasteiger partial charge in [-0.3, -0.25) is 0 Å². The van der Waals surface area contributed by atoms with Crippen LogP contribution in [0.4, 0.5) is 5.69 Å². The number of hydrogen-bond acceptors (Lipinski definition) is 3. The van der Waals surface area contributed by atoms with Gasteiger partial charge in [-0.25, -0.2) is 0 Å². The van der Waals surface area contributed by atoms with Crippen molar-refractivity contribution in [1.29, 1.82) is 0 Å². The van der Waals surface area contributed by atoms with Gasteiger partial charge in [0.25, 0.3) is 0 Å². The molecule has 2 heterocycles. The van der Waals surface area contributed by atoms with Crippen LogP contribution in [-0.2, 0) is 4.74 Å². The summed E-state index contributed by atoms with van der Waals surface area (Å²) in [6, 6.07) is 12.6. The van der Waals surface area contributed by atoms with Gasteiger partial charge < -0.3 is 14.4 Å². The van der Waals surface area contributed by atoms with Crippen LogP contribution in [0.1, 0.15) is 13.3 Å². The molecule has 2 aliphatic rings. The Bertz CT molecular complexity index is 610. The highest BCUT2D eigenvalue weighted by Gasteiger charge is 2.45. The van der Waals surface area contributed by atoms with E-state index in [1.54, 1.807) is 0 Å². The third kappa shape index (κ3) is 1.34. The highest BCUT2D eigenvalue weighted by molar-refractivity contribution is 5.94. The Kier molecular flexibility index (Phi) is 2.06. The Balaban J connectivity index is 1.79. The average Bonchev–Trinajstić information content (AvgIpc) is 3.08. The molecule has 0 aliphatic carbocycles. The first kappa shape index (κ1) is 10.2. The fourth-order valence-electron chi connectivity index (χ4n) is 2.73. The van der Waals surface area contributed by atoms with Crippen LogP contribution in [0.5, 0.6) is 5.75 Å². The molecule has 0 radical (unpaired) electrons. The van der Waals surface area contributed by atoms with Gasteiger partial charge in [-0.1, -0.05) is 37.3 Å². The van der Waals surface area contributed by atoms with Crippen LogP contribution in [-0.4, -0.2) is 19.1 Å². The van der Waals surface area contributed by atoms with E-state index >= 15 is 0 Å². The van der Waals surface area contributed by atoms with Gasteiger partial charge in [-0.15, -0.1) is 0 Å². The number of anilines is 1. The van der Waals surface area contributed by atoms with Crippen molar-refractivity contribution in [3.63, 3.8) is 0 Å². The minimum absolute atomic E-state index is 0.206. The minimum Gasteiger partial charge on any atom is -0.470 e. The summed E-state index contributed by atoms with van der Waals surface area (Å²) in [6.07, 6.45) is 1.63. The van der Waals surface area contributed by atoms with Gasteiger partial charge in [-0.05, 0) is 17.9 Å². The molecule has 0 spiro atoms. The van der Waals surface area contributed by atoms with E-state index in [4.69, 9.17) is 9.47 Å². The normalized spacial score (nSPS) is 25.1. The smallest absolute Gasteiger partial charge is 0.163 e. The second kappa shape index (κ2) is 3.62. The number of rotatable bonds is 2. The van der Waals surface area contributed by atoms with Crippen LogP contribution in [0.25, 0.3) is 10.8 Å². The molecule has 4 rings (SSSR count). The summed E-state index contributed by atoms with van der Waals surface area (Å²) in [4.78, 5) is 2.22. The van der Waals surface area contributed by atoms with Gasteiger partial charge in [-0.2, -0.15) is 0 Å². The van der Waals surface area contributed by atoms with Crippen molar-refractivity contribution < 1.29 is 9.47 Å². The molecule has 0 amide bonds.